The largest absolute Gasteiger partial charge is 0.469 e. The molecule has 0 unspecified atom stereocenters. The first-order valence-corrected chi connectivity index (χ1v) is 12.8. The van der Waals surface area contributed by atoms with Crippen molar-refractivity contribution in [3.05, 3.63) is 83.8 Å². The van der Waals surface area contributed by atoms with Crippen molar-refractivity contribution < 1.29 is 23.9 Å². The van der Waals surface area contributed by atoms with Crippen LogP contribution in [-0.4, -0.2) is 58.6 Å². The Bertz CT molecular complexity index is 1570. The number of hydrogen-bond donors (Lipinski definition) is 2. The van der Waals surface area contributed by atoms with Crippen LogP contribution in [0.3, 0.4) is 0 Å². The molecule has 0 saturated carbocycles. The molecule has 4 rings (SSSR count). The van der Waals surface area contributed by atoms with Crippen LogP contribution in [0.15, 0.2) is 71.9 Å². The van der Waals surface area contributed by atoms with Gasteiger partial charge in [0.2, 0.25) is 0 Å². The molecule has 212 valence electrons. The highest BCUT2D eigenvalue weighted by Crippen LogP contribution is 2.21. The topological polar surface area (TPSA) is 154 Å². The van der Waals surface area contributed by atoms with E-state index in [2.05, 4.69) is 15.3 Å². The third-order valence-electron chi connectivity index (χ3n) is 6.29. The van der Waals surface area contributed by atoms with Crippen molar-refractivity contribution in [1.29, 1.82) is 0 Å². The van der Waals surface area contributed by atoms with Gasteiger partial charge in [0.05, 0.1) is 31.1 Å². The summed E-state index contributed by atoms with van der Waals surface area (Å²) in [6.45, 7) is 1.74. The van der Waals surface area contributed by atoms with Gasteiger partial charge in [0.15, 0.2) is 6.73 Å². The molecule has 0 fully saturated rings. The highest BCUT2D eigenvalue weighted by Gasteiger charge is 2.21. The maximum absolute atomic E-state index is 13.5. The summed E-state index contributed by atoms with van der Waals surface area (Å²) in [6.07, 6.45) is 1.63. The number of aliphatic imine (C=N–C) groups is 1. The molecular formula is C29H31N7O5. The van der Waals surface area contributed by atoms with Gasteiger partial charge in [-0.3, -0.25) is 19.3 Å². The molecule has 3 N–H and O–H groups in total. The number of nitrogens with one attached hydrogen (secondary N) is 1. The van der Waals surface area contributed by atoms with Crippen molar-refractivity contribution in [2.24, 2.45) is 17.8 Å². The van der Waals surface area contributed by atoms with E-state index in [1.54, 1.807) is 36.5 Å². The molecule has 2 heterocycles. The number of fused-ring (bicyclic) bond motifs is 1. The molecular weight excluding hydrogens is 526 g/mol. The van der Waals surface area contributed by atoms with E-state index in [1.165, 1.54) is 18.9 Å². The van der Waals surface area contributed by atoms with Crippen molar-refractivity contribution >= 4 is 46.2 Å². The number of aromatic nitrogens is 3. The van der Waals surface area contributed by atoms with Gasteiger partial charge in [-0.05, 0) is 54.6 Å². The lowest BCUT2D eigenvalue weighted by molar-refractivity contribution is -0.141. The van der Waals surface area contributed by atoms with Crippen LogP contribution in [-0.2, 0) is 32.7 Å². The number of nitrogens with zero attached hydrogens (tertiary/aromatic N) is 5. The molecule has 12 nitrogen and oxygen atoms in total. The van der Waals surface area contributed by atoms with Crippen LogP contribution >= 0.6 is 0 Å². The van der Waals surface area contributed by atoms with Crippen LogP contribution in [0.4, 0.5) is 11.5 Å². The fraction of sp³-hybridized carbons (Fsp3) is 0.241. The van der Waals surface area contributed by atoms with E-state index in [0.29, 0.717) is 29.0 Å². The number of aryl methyl sites for hydroxylation is 1. The Hall–Kier alpha value is -5.26. The molecule has 0 atom stereocenters. The van der Waals surface area contributed by atoms with Gasteiger partial charge in [-0.2, -0.15) is 0 Å². The number of pyridine rings is 1. The van der Waals surface area contributed by atoms with E-state index in [1.807, 2.05) is 41.9 Å². The Morgan fingerprint density at radius 2 is 1.83 bits per heavy atom. The first-order valence-electron chi connectivity index (χ1n) is 12.8. The van der Waals surface area contributed by atoms with Crippen LogP contribution in [0.2, 0.25) is 0 Å². The van der Waals surface area contributed by atoms with Gasteiger partial charge in [0.1, 0.15) is 17.5 Å². The third-order valence-corrected chi connectivity index (χ3v) is 6.29. The summed E-state index contributed by atoms with van der Waals surface area (Å²) in [4.78, 5) is 50.7. The number of nitrogens with two attached hydrogens (primary N) is 1. The number of rotatable bonds is 11. The zero-order chi connectivity index (χ0) is 29.4. The monoisotopic (exact) mass is 557 g/mol. The second-order valence-corrected chi connectivity index (χ2v) is 9.00. The number of methoxy groups -OCH3 is 1. The van der Waals surface area contributed by atoms with Gasteiger partial charge in [-0.1, -0.05) is 6.07 Å². The standard InChI is InChI=1S/C29H31N7O5/c1-19(37)41-18-33-28(30)20-7-10-22(11-8-20)32-17-26-34-23-16-21(9-12-24(23)35(26)2)29(39)36(15-13-27(38)40-3)25-6-4-5-14-31-25/h4-12,14,16,32H,13,15,17-18H2,1-3H3,(H2,30,33). The third kappa shape index (κ3) is 7.24. The molecule has 12 heteroatoms. The lowest BCUT2D eigenvalue weighted by atomic mass is 10.1. The molecule has 1 amide bonds. The van der Waals surface area contributed by atoms with Gasteiger partial charge < -0.3 is 25.1 Å². The van der Waals surface area contributed by atoms with Crippen LogP contribution in [0.1, 0.15) is 35.1 Å². The second kappa shape index (κ2) is 13.2. The second-order valence-electron chi connectivity index (χ2n) is 9.00. The fourth-order valence-corrected chi connectivity index (χ4v) is 4.06. The van der Waals surface area contributed by atoms with Crippen molar-refractivity contribution in [1.82, 2.24) is 14.5 Å². The molecule has 0 bridgehead atoms. The number of carbonyl (C=O) groups excluding carboxylic acids is 3. The fourth-order valence-electron chi connectivity index (χ4n) is 4.06. The van der Waals surface area contributed by atoms with Crippen molar-refractivity contribution in [2.75, 3.05) is 30.6 Å². The minimum absolute atomic E-state index is 0.0368. The maximum atomic E-state index is 13.5. The number of amidine groups is 1. The summed E-state index contributed by atoms with van der Waals surface area (Å²) >= 11 is 0. The summed E-state index contributed by atoms with van der Waals surface area (Å²) in [5.41, 5.74) is 9.46. The van der Waals surface area contributed by atoms with E-state index in [-0.39, 0.29) is 31.4 Å². The van der Waals surface area contributed by atoms with Crippen LogP contribution in [0.5, 0.6) is 0 Å². The van der Waals surface area contributed by atoms with Crippen LogP contribution in [0.25, 0.3) is 11.0 Å². The zero-order valence-electron chi connectivity index (χ0n) is 23.0. The number of ether oxygens (including phenoxy) is 2. The van der Waals surface area contributed by atoms with E-state index in [4.69, 9.17) is 20.2 Å². The highest BCUT2D eigenvalue weighted by molar-refractivity contribution is 6.07. The molecule has 0 aliphatic carbocycles. The average Bonchev–Trinajstić information content (AvgIpc) is 3.30. The van der Waals surface area contributed by atoms with Gasteiger partial charge in [-0.15, -0.1) is 0 Å². The maximum Gasteiger partial charge on any atom is 0.307 e. The molecule has 0 aliphatic heterocycles. The van der Waals surface area contributed by atoms with Gasteiger partial charge in [-0.25, -0.2) is 15.0 Å². The molecule has 0 radical (unpaired) electrons. The molecule has 41 heavy (non-hydrogen) atoms. The van der Waals surface area contributed by atoms with Crippen molar-refractivity contribution in [2.45, 2.75) is 19.9 Å². The van der Waals surface area contributed by atoms with E-state index < -0.39 is 11.9 Å². The molecule has 0 spiro atoms. The molecule has 2 aromatic carbocycles. The number of anilines is 2. The number of benzene rings is 2. The highest BCUT2D eigenvalue weighted by atomic mass is 16.5. The number of carbonyl (C=O) groups is 3. The molecule has 2 aromatic heterocycles. The minimum Gasteiger partial charge on any atom is -0.469 e. The lowest BCUT2D eigenvalue weighted by Gasteiger charge is -2.21. The Morgan fingerprint density at radius 3 is 2.51 bits per heavy atom. The predicted molar refractivity (Wildman–Crippen MR) is 154 cm³/mol. The van der Waals surface area contributed by atoms with Gasteiger partial charge in [0.25, 0.3) is 5.91 Å². The van der Waals surface area contributed by atoms with E-state index >= 15 is 0 Å². The average molecular weight is 558 g/mol. The summed E-state index contributed by atoms with van der Waals surface area (Å²) in [6, 6.07) is 17.9. The Kier molecular flexibility index (Phi) is 9.25. The van der Waals surface area contributed by atoms with Gasteiger partial charge >= 0.3 is 11.9 Å². The normalized spacial score (nSPS) is 11.2. The van der Waals surface area contributed by atoms with Crippen molar-refractivity contribution in [3.8, 4) is 0 Å². The smallest absolute Gasteiger partial charge is 0.307 e. The minimum atomic E-state index is -0.423. The zero-order valence-corrected chi connectivity index (χ0v) is 23.0. The van der Waals surface area contributed by atoms with Crippen LogP contribution in [0, 0.1) is 0 Å². The Labute approximate surface area is 236 Å². The number of hydrogen-bond acceptors (Lipinski definition) is 9. The Balaban J connectivity index is 1.47. The van der Waals surface area contributed by atoms with Crippen LogP contribution < -0.4 is 16.0 Å². The first-order chi connectivity index (χ1) is 19.8. The lowest BCUT2D eigenvalue weighted by Crippen LogP contribution is -2.33. The summed E-state index contributed by atoms with van der Waals surface area (Å²) in [5, 5.41) is 3.34. The number of imidazole rings is 1. The van der Waals surface area contributed by atoms with Gasteiger partial charge in [0, 0.05) is 43.5 Å². The number of esters is 2. The molecule has 4 aromatic rings. The van der Waals surface area contributed by atoms with Crippen molar-refractivity contribution in [3.63, 3.8) is 0 Å². The molecule has 0 aliphatic rings. The Morgan fingerprint density at radius 1 is 1.07 bits per heavy atom. The summed E-state index contributed by atoms with van der Waals surface area (Å²) < 4.78 is 11.5. The van der Waals surface area contributed by atoms with E-state index in [9.17, 15) is 14.4 Å². The van der Waals surface area contributed by atoms with E-state index in [0.717, 1.165) is 17.0 Å². The molecule has 0 saturated heterocycles. The summed E-state index contributed by atoms with van der Waals surface area (Å²) in [5.74, 6) is 0.342. The number of amides is 1. The predicted octanol–water partition coefficient (Wildman–Crippen LogP) is 3.02. The summed E-state index contributed by atoms with van der Waals surface area (Å²) in [7, 11) is 3.22. The first kappa shape index (κ1) is 28.7. The SMILES string of the molecule is COC(=O)CCN(C(=O)c1ccc2c(c1)nc(CNc1ccc(/C(N)=N/COC(C)=O)cc1)n2C)c1ccccn1. The quantitative estimate of drug-likeness (QED) is 0.161.